The number of aldehydes is 1. The highest BCUT2D eigenvalue weighted by Crippen LogP contribution is 2.29. The average Bonchev–Trinajstić information content (AvgIpc) is 2.46. The Bertz CT molecular complexity index is 612. The Hall–Kier alpha value is -1.87. The van der Waals surface area contributed by atoms with Crippen molar-refractivity contribution < 1.29 is 9.18 Å². The highest BCUT2D eigenvalue weighted by Gasteiger charge is 2.17. The van der Waals surface area contributed by atoms with Crippen LogP contribution >= 0.6 is 11.6 Å². The summed E-state index contributed by atoms with van der Waals surface area (Å²) < 4.78 is 13.7. The first kappa shape index (κ1) is 14.5. The number of benzene rings is 2. The van der Waals surface area contributed by atoms with E-state index in [1.165, 1.54) is 6.07 Å². The molecule has 0 saturated heterocycles. The van der Waals surface area contributed by atoms with Gasteiger partial charge in [0.15, 0.2) is 6.29 Å². The maximum Gasteiger partial charge on any atom is 0.155 e. The summed E-state index contributed by atoms with van der Waals surface area (Å²) in [6.07, 6.45) is 0.551. The molecule has 0 aliphatic carbocycles. The van der Waals surface area contributed by atoms with Gasteiger partial charge in [0, 0.05) is 12.1 Å². The van der Waals surface area contributed by atoms with Crippen LogP contribution in [-0.4, -0.2) is 13.3 Å². The Morgan fingerprint density at radius 2 is 1.85 bits per heavy atom. The van der Waals surface area contributed by atoms with Gasteiger partial charge in [0.05, 0.1) is 17.3 Å². The van der Waals surface area contributed by atoms with E-state index in [9.17, 15) is 9.18 Å². The van der Waals surface area contributed by atoms with E-state index in [1.807, 2.05) is 43.1 Å². The van der Waals surface area contributed by atoms with Gasteiger partial charge in [-0.15, -0.1) is 0 Å². The highest BCUT2D eigenvalue weighted by molar-refractivity contribution is 6.30. The summed E-state index contributed by atoms with van der Waals surface area (Å²) in [5, 5.41) is 0.669. The van der Waals surface area contributed by atoms with E-state index in [4.69, 9.17) is 11.6 Å². The van der Waals surface area contributed by atoms with Crippen LogP contribution in [0.1, 0.15) is 28.9 Å². The molecule has 0 heterocycles. The number of nitrogens with zero attached hydrogens (tertiary/aromatic N) is 1. The topological polar surface area (TPSA) is 20.3 Å². The van der Waals surface area contributed by atoms with Crippen LogP contribution in [0.3, 0.4) is 0 Å². The Balaban J connectivity index is 2.35. The zero-order chi connectivity index (χ0) is 14.7. The van der Waals surface area contributed by atoms with Crippen molar-refractivity contribution in [3.63, 3.8) is 0 Å². The molecule has 0 saturated carbocycles. The molecule has 1 atom stereocenters. The fourth-order valence-electron chi connectivity index (χ4n) is 2.12. The molecule has 0 aromatic heterocycles. The lowest BCUT2D eigenvalue weighted by Gasteiger charge is -2.28. The van der Waals surface area contributed by atoms with Crippen molar-refractivity contribution >= 4 is 23.6 Å². The molecule has 2 nitrogen and oxygen atoms in total. The molecule has 0 N–H and O–H groups in total. The largest absolute Gasteiger partial charge is 0.367 e. The lowest BCUT2D eigenvalue weighted by molar-refractivity contribution is 0.112. The van der Waals surface area contributed by atoms with E-state index >= 15 is 0 Å². The van der Waals surface area contributed by atoms with E-state index in [1.54, 1.807) is 12.1 Å². The summed E-state index contributed by atoms with van der Waals surface area (Å²) >= 11 is 5.87. The maximum atomic E-state index is 13.7. The molecule has 0 radical (unpaired) electrons. The second-order valence-corrected chi connectivity index (χ2v) is 5.07. The molecule has 0 fully saturated rings. The van der Waals surface area contributed by atoms with Crippen LogP contribution in [0.2, 0.25) is 5.02 Å². The third-order valence-electron chi connectivity index (χ3n) is 3.46. The molecule has 2 aromatic carbocycles. The molecular formula is C16H15ClFNO. The SMILES string of the molecule is CC(c1ccc(Cl)cc1)N(C)c1cccc(F)c1C=O. The molecule has 0 aliphatic rings. The standard InChI is InChI=1S/C16H15ClFNO/c1-11(12-6-8-13(17)9-7-12)19(2)16-5-3-4-15(18)14(16)10-20/h3-11H,1-2H3. The van der Waals surface area contributed by atoms with Gasteiger partial charge in [-0.2, -0.15) is 0 Å². The molecule has 4 heteroatoms. The van der Waals surface area contributed by atoms with Crippen LogP contribution in [0.15, 0.2) is 42.5 Å². The van der Waals surface area contributed by atoms with Gasteiger partial charge in [-0.05, 0) is 36.8 Å². The maximum absolute atomic E-state index is 13.7. The zero-order valence-electron chi connectivity index (χ0n) is 11.3. The van der Waals surface area contributed by atoms with Gasteiger partial charge in [-0.1, -0.05) is 29.8 Å². The molecule has 0 amide bonds. The smallest absolute Gasteiger partial charge is 0.155 e. The van der Waals surface area contributed by atoms with Crippen LogP contribution in [0.5, 0.6) is 0 Å². The van der Waals surface area contributed by atoms with Crippen LogP contribution < -0.4 is 4.90 Å². The lowest BCUT2D eigenvalue weighted by atomic mass is 10.1. The van der Waals surface area contributed by atoms with E-state index in [2.05, 4.69) is 0 Å². The molecule has 2 rings (SSSR count). The summed E-state index contributed by atoms with van der Waals surface area (Å²) in [7, 11) is 1.83. The normalized spacial score (nSPS) is 12.0. The van der Waals surface area contributed by atoms with E-state index in [0.717, 1.165) is 5.56 Å². The Kier molecular flexibility index (Phi) is 4.40. The van der Waals surface area contributed by atoms with Gasteiger partial charge in [-0.3, -0.25) is 4.79 Å². The number of rotatable bonds is 4. The van der Waals surface area contributed by atoms with Crippen LogP contribution in [0.4, 0.5) is 10.1 Å². The first-order chi connectivity index (χ1) is 9.54. The van der Waals surface area contributed by atoms with E-state index in [0.29, 0.717) is 17.0 Å². The number of hydrogen-bond donors (Lipinski definition) is 0. The van der Waals surface area contributed by atoms with Crippen LogP contribution in [0, 0.1) is 5.82 Å². The zero-order valence-corrected chi connectivity index (χ0v) is 12.1. The fraction of sp³-hybridized carbons (Fsp3) is 0.188. The first-order valence-corrected chi connectivity index (χ1v) is 6.64. The van der Waals surface area contributed by atoms with Crippen molar-refractivity contribution in [3.05, 3.63) is 64.4 Å². The quantitative estimate of drug-likeness (QED) is 0.774. The molecule has 1 unspecified atom stereocenters. The van der Waals surface area contributed by atoms with Gasteiger partial charge < -0.3 is 4.90 Å². The molecule has 20 heavy (non-hydrogen) atoms. The first-order valence-electron chi connectivity index (χ1n) is 6.26. The molecule has 0 aliphatic heterocycles. The summed E-state index contributed by atoms with van der Waals surface area (Å²) in [6.45, 7) is 1.99. The predicted molar refractivity (Wildman–Crippen MR) is 80.1 cm³/mol. The summed E-state index contributed by atoms with van der Waals surface area (Å²) in [5.74, 6) is -0.507. The molecule has 0 bridgehead atoms. The van der Waals surface area contributed by atoms with Crippen molar-refractivity contribution in [3.8, 4) is 0 Å². The number of halogens is 2. The van der Waals surface area contributed by atoms with Crippen molar-refractivity contribution in [1.29, 1.82) is 0 Å². The molecular weight excluding hydrogens is 277 g/mol. The second kappa shape index (κ2) is 6.06. The minimum absolute atomic E-state index is 0.00670. The van der Waals surface area contributed by atoms with Crippen molar-refractivity contribution in [2.24, 2.45) is 0 Å². The fourth-order valence-corrected chi connectivity index (χ4v) is 2.25. The third-order valence-corrected chi connectivity index (χ3v) is 3.71. The minimum Gasteiger partial charge on any atom is -0.367 e. The number of carbonyl (C=O) groups excluding carboxylic acids is 1. The van der Waals surface area contributed by atoms with Crippen LogP contribution in [-0.2, 0) is 0 Å². The van der Waals surface area contributed by atoms with Gasteiger partial charge >= 0.3 is 0 Å². The summed E-state index contributed by atoms with van der Waals surface area (Å²) in [4.78, 5) is 12.9. The lowest BCUT2D eigenvalue weighted by Crippen LogP contribution is -2.23. The monoisotopic (exact) mass is 291 g/mol. The predicted octanol–water partition coefficient (Wildman–Crippen LogP) is 4.49. The third kappa shape index (κ3) is 2.83. The average molecular weight is 292 g/mol. The van der Waals surface area contributed by atoms with Crippen molar-refractivity contribution in [2.75, 3.05) is 11.9 Å². The highest BCUT2D eigenvalue weighted by atomic mass is 35.5. The summed E-state index contributed by atoms with van der Waals surface area (Å²) in [6, 6.07) is 12.1. The number of hydrogen-bond acceptors (Lipinski definition) is 2. The Morgan fingerprint density at radius 1 is 1.20 bits per heavy atom. The second-order valence-electron chi connectivity index (χ2n) is 4.63. The van der Waals surface area contributed by atoms with Gasteiger partial charge in [0.2, 0.25) is 0 Å². The van der Waals surface area contributed by atoms with Gasteiger partial charge in [0.1, 0.15) is 5.82 Å². The molecule has 2 aromatic rings. The van der Waals surface area contributed by atoms with E-state index < -0.39 is 5.82 Å². The van der Waals surface area contributed by atoms with Crippen molar-refractivity contribution in [2.45, 2.75) is 13.0 Å². The van der Waals surface area contributed by atoms with Gasteiger partial charge in [-0.25, -0.2) is 4.39 Å². The van der Waals surface area contributed by atoms with Crippen LogP contribution in [0.25, 0.3) is 0 Å². The van der Waals surface area contributed by atoms with Gasteiger partial charge in [0.25, 0.3) is 0 Å². The summed E-state index contributed by atoms with van der Waals surface area (Å²) in [5.41, 5.74) is 1.69. The Morgan fingerprint density at radius 3 is 2.45 bits per heavy atom. The number of carbonyl (C=O) groups is 1. The Labute approximate surface area is 122 Å². The molecule has 0 spiro atoms. The van der Waals surface area contributed by atoms with Crippen molar-refractivity contribution in [1.82, 2.24) is 0 Å². The molecule has 104 valence electrons. The minimum atomic E-state index is -0.507. The van der Waals surface area contributed by atoms with E-state index in [-0.39, 0.29) is 11.6 Å². The number of anilines is 1.